The number of imide groups is 2. The maximum Gasteiger partial charge on any atom is 0.271 e. The van der Waals surface area contributed by atoms with Crippen LogP contribution in [0.4, 0.5) is 21.5 Å². The first-order valence-electron chi connectivity index (χ1n) is 14.3. The van der Waals surface area contributed by atoms with E-state index in [2.05, 4.69) is 0 Å². The molecule has 3 fully saturated rings. The van der Waals surface area contributed by atoms with Crippen molar-refractivity contribution >= 4 is 40.7 Å². The molecule has 11 heteroatoms. The number of benzene rings is 3. The largest absolute Gasteiger partial charge is 0.505 e. The third-order valence-corrected chi connectivity index (χ3v) is 9.89. The van der Waals surface area contributed by atoms with Crippen LogP contribution >= 0.6 is 0 Å². The third-order valence-electron chi connectivity index (χ3n) is 9.89. The molecule has 0 radical (unpaired) electrons. The van der Waals surface area contributed by atoms with E-state index in [1.165, 1.54) is 36.4 Å². The van der Waals surface area contributed by atoms with E-state index in [1.54, 1.807) is 37.3 Å². The standard InChI is InChI=1S/C33H26FN3O7/c1-33-24(30(40)36(32(33)42)18-6-3-2-4-7-18)16-23-21(28(33)17-10-13-26(38)25(34)14-17)11-12-22-27(23)31(41)35(29(22)39)19-8-5-9-20(15-19)37(43)44/h2-11,13-15,22-24,27-28,38H,12,16H2,1H3. The Labute approximate surface area is 250 Å². The van der Waals surface area contributed by atoms with Gasteiger partial charge in [-0.1, -0.05) is 42.0 Å². The van der Waals surface area contributed by atoms with E-state index in [-0.39, 0.29) is 24.2 Å². The minimum absolute atomic E-state index is 0.0883. The lowest BCUT2D eigenvalue weighted by Gasteiger charge is -2.49. The lowest BCUT2D eigenvalue weighted by atomic mass is 9.51. The number of carbonyl (C=O) groups is 4. The van der Waals surface area contributed by atoms with Crippen molar-refractivity contribution in [2.24, 2.45) is 29.1 Å². The van der Waals surface area contributed by atoms with Gasteiger partial charge in [0.25, 0.3) is 5.69 Å². The number of nitrogens with zero attached hydrogens (tertiary/aromatic N) is 3. The fourth-order valence-electron chi connectivity index (χ4n) is 7.92. The molecule has 6 unspecified atom stereocenters. The zero-order valence-electron chi connectivity index (χ0n) is 23.4. The van der Waals surface area contributed by atoms with E-state index in [0.29, 0.717) is 16.8 Å². The zero-order valence-corrected chi connectivity index (χ0v) is 23.4. The summed E-state index contributed by atoms with van der Waals surface area (Å²) < 4.78 is 14.8. The summed E-state index contributed by atoms with van der Waals surface area (Å²) in [7, 11) is 0. The van der Waals surface area contributed by atoms with E-state index in [4.69, 9.17) is 0 Å². The molecule has 4 amide bonds. The summed E-state index contributed by atoms with van der Waals surface area (Å²) in [5.74, 6) is -7.39. The molecule has 3 aromatic rings. The van der Waals surface area contributed by atoms with Gasteiger partial charge in [0.2, 0.25) is 23.6 Å². The molecule has 2 heterocycles. The zero-order chi connectivity index (χ0) is 31.1. The molecular formula is C33H26FN3O7. The summed E-state index contributed by atoms with van der Waals surface area (Å²) in [6, 6.07) is 17.7. The number of aromatic hydroxyl groups is 1. The highest BCUT2D eigenvalue weighted by Crippen LogP contribution is 2.63. The number of hydrogen-bond acceptors (Lipinski definition) is 7. The van der Waals surface area contributed by atoms with E-state index >= 15 is 0 Å². The van der Waals surface area contributed by atoms with E-state index in [9.17, 15) is 38.8 Å². The first-order valence-corrected chi connectivity index (χ1v) is 14.3. The lowest BCUT2D eigenvalue weighted by molar-refractivity contribution is -0.384. The molecule has 222 valence electrons. The number of hydrogen-bond donors (Lipinski definition) is 1. The average molecular weight is 596 g/mol. The monoisotopic (exact) mass is 595 g/mol. The molecule has 0 aromatic heterocycles. The van der Waals surface area contributed by atoms with Crippen LogP contribution in [0.25, 0.3) is 0 Å². The Bertz CT molecular complexity index is 1820. The van der Waals surface area contributed by atoms with Gasteiger partial charge in [-0.2, -0.15) is 0 Å². The molecule has 0 spiro atoms. The van der Waals surface area contributed by atoms with Crippen molar-refractivity contribution in [1.29, 1.82) is 0 Å². The van der Waals surface area contributed by atoms with Crippen LogP contribution in [0.3, 0.4) is 0 Å². The molecule has 2 aliphatic heterocycles. The number of nitro benzene ring substituents is 1. The van der Waals surface area contributed by atoms with Crippen LogP contribution in [0.15, 0.2) is 84.4 Å². The number of anilines is 2. The summed E-state index contributed by atoms with van der Waals surface area (Å²) in [4.78, 5) is 69.1. The molecule has 7 rings (SSSR count). The highest BCUT2D eigenvalue weighted by atomic mass is 19.1. The van der Waals surface area contributed by atoms with Gasteiger partial charge in [-0.3, -0.25) is 29.3 Å². The molecule has 1 N–H and O–H groups in total. The topological polar surface area (TPSA) is 138 Å². The lowest BCUT2D eigenvalue weighted by Crippen LogP contribution is -2.48. The fourth-order valence-corrected chi connectivity index (χ4v) is 7.92. The first-order chi connectivity index (χ1) is 21.0. The number of carbonyl (C=O) groups excluding carboxylic acids is 4. The van der Waals surface area contributed by atoms with Crippen molar-refractivity contribution in [1.82, 2.24) is 0 Å². The quantitative estimate of drug-likeness (QED) is 0.196. The molecule has 3 aromatic carbocycles. The molecule has 0 bridgehead atoms. The van der Waals surface area contributed by atoms with Crippen molar-refractivity contribution in [3.8, 4) is 5.75 Å². The van der Waals surface area contributed by atoms with Crippen molar-refractivity contribution in [3.63, 3.8) is 0 Å². The van der Waals surface area contributed by atoms with Crippen molar-refractivity contribution in [3.05, 3.63) is 106 Å². The average Bonchev–Trinajstić information content (AvgIpc) is 3.38. The second-order valence-electron chi connectivity index (χ2n) is 12.0. The van der Waals surface area contributed by atoms with E-state index < -0.39 is 75.1 Å². The Balaban J connectivity index is 1.36. The predicted molar refractivity (Wildman–Crippen MR) is 155 cm³/mol. The predicted octanol–water partition coefficient (Wildman–Crippen LogP) is 4.87. The number of allylic oxidation sites excluding steroid dienone is 2. The van der Waals surface area contributed by atoms with E-state index in [0.717, 1.165) is 15.9 Å². The van der Waals surface area contributed by atoms with E-state index in [1.807, 2.05) is 6.08 Å². The van der Waals surface area contributed by atoms with Crippen molar-refractivity contribution in [2.75, 3.05) is 9.80 Å². The Morgan fingerprint density at radius 1 is 0.886 bits per heavy atom. The SMILES string of the molecule is CC12C(=O)N(c3ccccc3)C(=O)C1CC1C(=CCC3C(=O)N(c4cccc([N+](=O)[O-])c4)C(=O)C31)C2c1ccc(O)c(F)c1. The number of phenols is 1. The van der Waals surface area contributed by atoms with Gasteiger partial charge in [0.1, 0.15) is 0 Å². The molecule has 6 atom stereocenters. The Kier molecular flexibility index (Phi) is 6.07. The molecule has 4 aliphatic rings. The van der Waals surface area contributed by atoms with Crippen LogP contribution in [-0.2, 0) is 19.2 Å². The van der Waals surface area contributed by atoms with Gasteiger partial charge in [0.05, 0.1) is 39.5 Å². The van der Waals surface area contributed by atoms with Gasteiger partial charge >= 0.3 is 0 Å². The Morgan fingerprint density at radius 3 is 2.32 bits per heavy atom. The summed E-state index contributed by atoms with van der Waals surface area (Å²) in [5, 5.41) is 21.4. The number of phenolic OH excluding ortho intramolecular Hbond substituents is 1. The Hall–Kier alpha value is -5.19. The van der Waals surface area contributed by atoms with Gasteiger partial charge in [0, 0.05) is 18.1 Å². The summed E-state index contributed by atoms with van der Waals surface area (Å²) in [5.41, 5.74) is -0.107. The number of non-ortho nitro benzene ring substituents is 1. The number of para-hydroxylation sites is 1. The molecular weight excluding hydrogens is 569 g/mol. The summed E-state index contributed by atoms with van der Waals surface area (Å²) in [6.45, 7) is 1.69. The third kappa shape index (κ3) is 3.71. The summed E-state index contributed by atoms with van der Waals surface area (Å²) in [6.07, 6.45) is 2.10. The van der Waals surface area contributed by atoms with Gasteiger partial charge in [-0.05, 0) is 61.6 Å². The van der Waals surface area contributed by atoms with Gasteiger partial charge < -0.3 is 5.11 Å². The van der Waals surface area contributed by atoms with Gasteiger partial charge in [-0.25, -0.2) is 14.2 Å². The number of halogens is 1. The highest BCUT2D eigenvalue weighted by molar-refractivity contribution is 6.25. The van der Waals surface area contributed by atoms with Crippen LogP contribution in [0.2, 0.25) is 0 Å². The molecule has 2 aliphatic carbocycles. The van der Waals surface area contributed by atoms with Crippen LogP contribution < -0.4 is 9.80 Å². The van der Waals surface area contributed by atoms with Crippen LogP contribution in [0.1, 0.15) is 31.2 Å². The molecule has 1 saturated carbocycles. The smallest absolute Gasteiger partial charge is 0.271 e. The van der Waals surface area contributed by atoms with Crippen LogP contribution in [-0.4, -0.2) is 33.7 Å². The molecule has 2 saturated heterocycles. The van der Waals surface area contributed by atoms with Crippen LogP contribution in [0, 0.1) is 45.0 Å². The number of rotatable bonds is 4. The fraction of sp³-hybridized carbons (Fsp3) is 0.273. The number of amides is 4. The Morgan fingerprint density at radius 2 is 1.61 bits per heavy atom. The second-order valence-corrected chi connectivity index (χ2v) is 12.0. The maximum atomic E-state index is 14.8. The number of nitro groups is 1. The first kappa shape index (κ1) is 27.6. The van der Waals surface area contributed by atoms with Gasteiger partial charge in [0.15, 0.2) is 11.6 Å². The molecule has 44 heavy (non-hydrogen) atoms. The highest BCUT2D eigenvalue weighted by Gasteiger charge is 2.67. The van der Waals surface area contributed by atoms with Crippen molar-refractivity contribution < 1.29 is 33.6 Å². The minimum Gasteiger partial charge on any atom is -0.505 e. The second kappa shape index (κ2) is 9.66. The normalized spacial score (nSPS) is 29.3. The number of fused-ring (bicyclic) bond motifs is 4. The maximum absolute atomic E-state index is 14.8. The van der Waals surface area contributed by atoms with Gasteiger partial charge in [-0.15, -0.1) is 0 Å². The minimum atomic E-state index is -1.35. The molecule has 10 nitrogen and oxygen atoms in total. The summed E-state index contributed by atoms with van der Waals surface area (Å²) >= 11 is 0. The van der Waals surface area contributed by atoms with Crippen molar-refractivity contribution in [2.45, 2.75) is 25.7 Å². The van der Waals surface area contributed by atoms with Crippen LogP contribution in [0.5, 0.6) is 5.75 Å².